The molecule has 0 saturated carbocycles. The van der Waals surface area contributed by atoms with Gasteiger partial charge in [-0.05, 0) is 5.92 Å². The second-order valence-electron chi connectivity index (χ2n) is 7.99. The summed E-state index contributed by atoms with van der Waals surface area (Å²) in [5.41, 5.74) is 0. The molecule has 0 saturated heterocycles. The van der Waals surface area contributed by atoms with Gasteiger partial charge in [0.1, 0.15) is 0 Å². The van der Waals surface area contributed by atoms with Crippen LogP contribution in [0.5, 0.6) is 0 Å². The van der Waals surface area contributed by atoms with Crippen molar-refractivity contribution >= 4 is 0 Å². The van der Waals surface area contributed by atoms with E-state index in [0.29, 0.717) is 0 Å². The van der Waals surface area contributed by atoms with Gasteiger partial charge in [-0.1, -0.05) is 143 Å². The first-order chi connectivity index (χ1) is 11.3. The van der Waals surface area contributed by atoms with Crippen molar-refractivity contribution in [3.63, 3.8) is 0 Å². The van der Waals surface area contributed by atoms with Gasteiger partial charge in [-0.3, -0.25) is 0 Å². The fraction of sp³-hybridized carbons (Fsp3) is 1.00. The highest BCUT2D eigenvalue weighted by atomic mass is 14.1. The van der Waals surface area contributed by atoms with Gasteiger partial charge < -0.3 is 0 Å². The van der Waals surface area contributed by atoms with Crippen molar-refractivity contribution in [3.8, 4) is 0 Å². The lowest BCUT2D eigenvalue weighted by Gasteiger charge is -2.11. The predicted molar refractivity (Wildman–Crippen MR) is 108 cm³/mol. The summed E-state index contributed by atoms with van der Waals surface area (Å²) < 4.78 is 0. The molecule has 1 unspecified atom stereocenters. The van der Waals surface area contributed by atoms with Crippen LogP contribution in [-0.2, 0) is 0 Å². The Hall–Kier alpha value is 0. The zero-order valence-corrected chi connectivity index (χ0v) is 17.0. The first-order valence-electron chi connectivity index (χ1n) is 11.3. The quantitative estimate of drug-likeness (QED) is 0.208. The molecule has 0 aliphatic rings. The monoisotopic (exact) mass is 324 g/mol. The highest BCUT2D eigenvalue weighted by Crippen LogP contribution is 2.18. The molecular formula is C23H48. The molecule has 1 atom stereocenters. The maximum Gasteiger partial charge on any atom is -0.0443 e. The van der Waals surface area contributed by atoms with E-state index < -0.39 is 0 Å². The summed E-state index contributed by atoms with van der Waals surface area (Å²) >= 11 is 0. The van der Waals surface area contributed by atoms with Crippen LogP contribution < -0.4 is 0 Å². The molecule has 0 heteroatoms. The third-order valence-corrected chi connectivity index (χ3v) is 5.35. The summed E-state index contributed by atoms with van der Waals surface area (Å²) in [6.45, 7) is 7.08. The van der Waals surface area contributed by atoms with Crippen LogP contribution >= 0.6 is 0 Å². The van der Waals surface area contributed by atoms with E-state index in [1.165, 1.54) is 122 Å². The third kappa shape index (κ3) is 20.0. The summed E-state index contributed by atoms with van der Waals surface area (Å²) in [7, 11) is 0. The van der Waals surface area contributed by atoms with E-state index in [9.17, 15) is 0 Å². The molecule has 140 valence electrons. The van der Waals surface area contributed by atoms with Gasteiger partial charge in [-0.2, -0.15) is 0 Å². The number of hydrogen-bond acceptors (Lipinski definition) is 0. The normalized spacial score (nSPS) is 12.7. The molecule has 0 aliphatic carbocycles. The molecule has 0 aliphatic heterocycles. The Labute approximate surface area is 149 Å². The van der Waals surface area contributed by atoms with E-state index in [0.717, 1.165) is 5.92 Å². The minimum Gasteiger partial charge on any atom is -0.0654 e. The summed E-state index contributed by atoms with van der Waals surface area (Å²) in [5.74, 6) is 0.972. The Morgan fingerprint density at radius 1 is 0.391 bits per heavy atom. The van der Waals surface area contributed by atoms with Crippen LogP contribution in [0.2, 0.25) is 0 Å². The van der Waals surface area contributed by atoms with Gasteiger partial charge in [0.15, 0.2) is 0 Å². The van der Waals surface area contributed by atoms with Gasteiger partial charge in [0.2, 0.25) is 0 Å². The van der Waals surface area contributed by atoms with E-state index in [1.54, 1.807) is 0 Å². The molecule has 0 aromatic rings. The van der Waals surface area contributed by atoms with Crippen molar-refractivity contribution < 1.29 is 0 Å². The topological polar surface area (TPSA) is 0 Å². The predicted octanol–water partition coefficient (Wildman–Crippen LogP) is 9.07. The second-order valence-corrected chi connectivity index (χ2v) is 7.99. The zero-order chi connectivity index (χ0) is 17.0. The molecule has 0 nitrogen and oxygen atoms in total. The van der Waals surface area contributed by atoms with Gasteiger partial charge in [0.25, 0.3) is 0 Å². The molecule has 0 radical (unpaired) electrons. The first kappa shape index (κ1) is 23.0. The van der Waals surface area contributed by atoms with Crippen LogP contribution in [0.15, 0.2) is 0 Å². The molecule has 0 bridgehead atoms. The zero-order valence-electron chi connectivity index (χ0n) is 17.0. The minimum absolute atomic E-state index is 0.972. The Morgan fingerprint density at radius 2 is 0.652 bits per heavy atom. The lowest BCUT2D eigenvalue weighted by Crippen LogP contribution is -1.95. The van der Waals surface area contributed by atoms with Crippen molar-refractivity contribution in [2.24, 2.45) is 5.92 Å². The van der Waals surface area contributed by atoms with E-state index in [2.05, 4.69) is 20.8 Å². The summed E-state index contributed by atoms with van der Waals surface area (Å²) in [4.78, 5) is 0. The molecule has 0 aromatic carbocycles. The summed E-state index contributed by atoms with van der Waals surface area (Å²) in [5, 5.41) is 0. The number of unbranched alkanes of at least 4 members (excludes halogenated alkanes) is 15. The average Bonchev–Trinajstić information content (AvgIpc) is 2.56. The lowest BCUT2D eigenvalue weighted by molar-refractivity contribution is 0.430. The van der Waals surface area contributed by atoms with Crippen molar-refractivity contribution in [2.75, 3.05) is 0 Å². The van der Waals surface area contributed by atoms with E-state index in [-0.39, 0.29) is 0 Å². The van der Waals surface area contributed by atoms with Crippen LogP contribution in [0.4, 0.5) is 0 Å². The molecule has 0 amide bonds. The van der Waals surface area contributed by atoms with Crippen LogP contribution in [0, 0.1) is 5.92 Å². The average molecular weight is 325 g/mol. The second kappa shape index (κ2) is 20.0. The smallest absolute Gasteiger partial charge is 0.0443 e. The van der Waals surface area contributed by atoms with Crippen molar-refractivity contribution in [3.05, 3.63) is 0 Å². The minimum atomic E-state index is 0.972. The summed E-state index contributed by atoms with van der Waals surface area (Å²) in [6.07, 6.45) is 27.8. The first-order valence-corrected chi connectivity index (χ1v) is 11.3. The van der Waals surface area contributed by atoms with Gasteiger partial charge in [0, 0.05) is 0 Å². The summed E-state index contributed by atoms with van der Waals surface area (Å²) in [6, 6.07) is 0. The molecule has 0 N–H and O–H groups in total. The van der Waals surface area contributed by atoms with Crippen molar-refractivity contribution in [1.29, 1.82) is 0 Å². The molecule has 0 spiro atoms. The molecule has 23 heavy (non-hydrogen) atoms. The Bertz CT molecular complexity index is 196. The SMILES string of the molecule is CCCCCCCCCCCCCC(C)CCCCCCCC. The molecular weight excluding hydrogens is 276 g/mol. The Balaban J connectivity index is 3.10. The molecule has 0 aromatic heterocycles. The van der Waals surface area contributed by atoms with Crippen LogP contribution in [-0.4, -0.2) is 0 Å². The fourth-order valence-corrected chi connectivity index (χ4v) is 3.57. The maximum absolute atomic E-state index is 2.47. The van der Waals surface area contributed by atoms with Gasteiger partial charge in [-0.15, -0.1) is 0 Å². The van der Waals surface area contributed by atoms with Gasteiger partial charge in [0.05, 0.1) is 0 Å². The fourth-order valence-electron chi connectivity index (χ4n) is 3.57. The van der Waals surface area contributed by atoms with Crippen LogP contribution in [0.3, 0.4) is 0 Å². The largest absolute Gasteiger partial charge is 0.0654 e. The Morgan fingerprint density at radius 3 is 0.957 bits per heavy atom. The third-order valence-electron chi connectivity index (χ3n) is 5.35. The van der Waals surface area contributed by atoms with E-state index in [4.69, 9.17) is 0 Å². The van der Waals surface area contributed by atoms with Crippen LogP contribution in [0.1, 0.15) is 143 Å². The lowest BCUT2D eigenvalue weighted by atomic mass is 9.96. The van der Waals surface area contributed by atoms with Crippen molar-refractivity contribution in [2.45, 2.75) is 143 Å². The van der Waals surface area contributed by atoms with Crippen molar-refractivity contribution in [1.82, 2.24) is 0 Å². The number of rotatable bonds is 19. The highest BCUT2D eigenvalue weighted by Gasteiger charge is 2.02. The highest BCUT2D eigenvalue weighted by molar-refractivity contribution is 4.56. The number of hydrogen-bond donors (Lipinski definition) is 0. The van der Waals surface area contributed by atoms with E-state index >= 15 is 0 Å². The standard InChI is InChI=1S/C23H48/c1-4-6-8-10-12-13-14-15-16-18-20-22-23(3)21-19-17-11-9-7-5-2/h23H,4-22H2,1-3H3. The van der Waals surface area contributed by atoms with E-state index in [1.807, 2.05) is 0 Å². The molecule has 0 heterocycles. The van der Waals surface area contributed by atoms with Gasteiger partial charge >= 0.3 is 0 Å². The Kier molecular flexibility index (Phi) is 20.0. The molecule has 0 fully saturated rings. The van der Waals surface area contributed by atoms with Gasteiger partial charge in [-0.25, -0.2) is 0 Å². The molecule has 0 rings (SSSR count). The maximum atomic E-state index is 2.47. The van der Waals surface area contributed by atoms with Crippen LogP contribution in [0.25, 0.3) is 0 Å².